The number of thiophene rings is 1. The van der Waals surface area contributed by atoms with Crippen LogP contribution in [0.5, 0.6) is 0 Å². The number of aryl methyl sites for hydroxylation is 1. The van der Waals surface area contributed by atoms with Crippen LogP contribution in [0.4, 0.5) is 0 Å². The number of nitrogens with one attached hydrogen (secondary N) is 1. The Labute approximate surface area is 131 Å². The van der Waals surface area contributed by atoms with Crippen LogP contribution in [0.1, 0.15) is 20.9 Å². The van der Waals surface area contributed by atoms with Crippen LogP contribution in [-0.4, -0.2) is 25.9 Å². The zero-order valence-electron chi connectivity index (χ0n) is 11.2. The summed E-state index contributed by atoms with van der Waals surface area (Å²) in [5.74, 6) is -0.204. The molecule has 2 aromatic heterocycles. The van der Waals surface area contributed by atoms with Gasteiger partial charge in [-0.3, -0.25) is 9.78 Å². The van der Waals surface area contributed by atoms with Crippen molar-refractivity contribution in [3.63, 3.8) is 0 Å². The SMILES string of the molecule is Cc1ccc(C(=O)NCCc2ccc(S(=O)(=O)Cl)s2)cn1. The van der Waals surface area contributed by atoms with Gasteiger partial charge in [0.05, 0.1) is 5.56 Å². The highest BCUT2D eigenvalue weighted by atomic mass is 35.7. The van der Waals surface area contributed by atoms with E-state index >= 15 is 0 Å². The summed E-state index contributed by atoms with van der Waals surface area (Å²) >= 11 is 1.11. The van der Waals surface area contributed by atoms with E-state index in [0.29, 0.717) is 18.5 Å². The van der Waals surface area contributed by atoms with E-state index in [-0.39, 0.29) is 10.1 Å². The molecule has 0 aromatic carbocycles. The summed E-state index contributed by atoms with van der Waals surface area (Å²) in [6.45, 7) is 2.26. The lowest BCUT2D eigenvalue weighted by Gasteiger charge is -2.04. The van der Waals surface area contributed by atoms with E-state index in [4.69, 9.17) is 10.7 Å². The normalized spacial score (nSPS) is 11.3. The Hall–Kier alpha value is -1.44. The Bertz CT molecular complexity index is 739. The van der Waals surface area contributed by atoms with Crippen LogP contribution in [0, 0.1) is 6.92 Å². The van der Waals surface area contributed by atoms with Crippen molar-refractivity contribution in [2.75, 3.05) is 6.54 Å². The van der Waals surface area contributed by atoms with Crippen LogP contribution in [-0.2, 0) is 15.5 Å². The molecule has 0 bridgehead atoms. The zero-order chi connectivity index (χ0) is 15.5. The molecule has 2 heterocycles. The molecule has 2 rings (SSSR count). The molecule has 2 aromatic rings. The number of hydrogen-bond acceptors (Lipinski definition) is 5. The van der Waals surface area contributed by atoms with Crippen molar-refractivity contribution in [3.8, 4) is 0 Å². The van der Waals surface area contributed by atoms with Crippen molar-refractivity contribution in [1.82, 2.24) is 10.3 Å². The standard InChI is InChI=1S/C13H13ClN2O3S2/c1-9-2-3-10(8-16-9)13(17)15-7-6-11-4-5-12(20-11)21(14,18)19/h2-5,8H,6-7H2,1H3,(H,15,17). The molecule has 0 fully saturated rings. The molecule has 0 saturated heterocycles. The molecule has 0 saturated carbocycles. The predicted molar refractivity (Wildman–Crippen MR) is 82.4 cm³/mol. The highest BCUT2D eigenvalue weighted by Crippen LogP contribution is 2.24. The van der Waals surface area contributed by atoms with Crippen molar-refractivity contribution >= 4 is 37.0 Å². The van der Waals surface area contributed by atoms with E-state index in [9.17, 15) is 13.2 Å². The van der Waals surface area contributed by atoms with Crippen LogP contribution in [0.3, 0.4) is 0 Å². The van der Waals surface area contributed by atoms with Crippen molar-refractivity contribution < 1.29 is 13.2 Å². The smallest absolute Gasteiger partial charge is 0.270 e. The van der Waals surface area contributed by atoms with Crippen LogP contribution in [0.25, 0.3) is 0 Å². The second-order valence-electron chi connectivity index (χ2n) is 4.35. The van der Waals surface area contributed by atoms with E-state index in [1.807, 2.05) is 6.92 Å². The van der Waals surface area contributed by atoms with Gasteiger partial charge in [-0.15, -0.1) is 11.3 Å². The Morgan fingerprint density at radius 3 is 2.67 bits per heavy atom. The Morgan fingerprint density at radius 1 is 1.33 bits per heavy atom. The summed E-state index contributed by atoms with van der Waals surface area (Å²) in [6, 6.07) is 6.64. The van der Waals surface area contributed by atoms with Gasteiger partial charge < -0.3 is 5.32 Å². The molecule has 0 unspecified atom stereocenters. The number of amides is 1. The van der Waals surface area contributed by atoms with Gasteiger partial charge in [-0.05, 0) is 37.6 Å². The second kappa shape index (κ2) is 6.55. The minimum Gasteiger partial charge on any atom is -0.352 e. The maximum Gasteiger partial charge on any atom is 0.270 e. The quantitative estimate of drug-likeness (QED) is 0.845. The average Bonchev–Trinajstić information content (AvgIpc) is 2.88. The fraction of sp³-hybridized carbons (Fsp3) is 0.231. The van der Waals surface area contributed by atoms with Crippen molar-refractivity contribution in [3.05, 3.63) is 46.6 Å². The fourth-order valence-electron chi connectivity index (χ4n) is 1.63. The Morgan fingerprint density at radius 2 is 2.10 bits per heavy atom. The molecule has 0 aliphatic carbocycles. The molecule has 1 N–H and O–H groups in total. The molecule has 8 heteroatoms. The second-order valence-corrected chi connectivity index (χ2v) is 8.31. The third-order valence-corrected chi connectivity index (χ3v) is 5.95. The van der Waals surface area contributed by atoms with Crippen LogP contribution < -0.4 is 5.32 Å². The predicted octanol–water partition coefficient (Wildman–Crippen LogP) is 2.35. The molecule has 5 nitrogen and oxygen atoms in total. The van der Waals surface area contributed by atoms with Gasteiger partial charge in [-0.25, -0.2) is 8.42 Å². The minimum atomic E-state index is -3.68. The van der Waals surface area contributed by atoms with E-state index < -0.39 is 9.05 Å². The minimum absolute atomic E-state index is 0.119. The fourth-order valence-corrected chi connectivity index (χ4v) is 3.75. The lowest BCUT2D eigenvalue weighted by Crippen LogP contribution is -2.25. The first-order valence-electron chi connectivity index (χ1n) is 6.10. The van der Waals surface area contributed by atoms with Crippen LogP contribution in [0.2, 0.25) is 0 Å². The Kier molecular flexibility index (Phi) is 4.97. The van der Waals surface area contributed by atoms with Crippen molar-refractivity contribution in [1.29, 1.82) is 0 Å². The highest BCUT2D eigenvalue weighted by Gasteiger charge is 2.13. The molecule has 0 aliphatic heterocycles. The molecule has 0 aliphatic rings. The third kappa shape index (κ3) is 4.52. The number of carbonyl (C=O) groups excluding carboxylic acids is 1. The maximum absolute atomic E-state index is 11.8. The zero-order valence-corrected chi connectivity index (χ0v) is 13.6. The molecule has 0 spiro atoms. The van der Waals surface area contributed by atoms with Gasteiger partial charge in [0.1, 0.15) is 4.21 Å². The molecular weight excluding hydrogens is 332 g/mol. The van der Waals surface area contributed by atoms with Crippen LogP contribution in [0.15, 0.2) is 34.7 Å². The van der Waals surface area contributed by atoms with Gasteiger partial charge in [-0.2, -0.15) is 0 Å². The van der Waals surface area contributed by atoms with Crippen molar-refractivity contribution in [2.24, 2.45) is 0 Å². The van der Waals surface area contributed by atoms with Gasteiger partial charge in [0, 0.05) is 34.0 Å². The molecule has 112 valence electrons. The average molecular weight is 345 g/mol. The van der Waals surface area contributed by atoms with Gasteiger partial charge in [-0.1, -0.05) is 0 Å². The largest absolute Gasteiger partial charge is 0.352 e. The molecule has 21 heavy (non-hydrogen) atoms. The van der Waals surface area contributed by atoms with Crippen molar-refractivity contribution in [2.45, 2.75) is 17.6 Å². The number of pyridine rings is 1. The van der Waals surface area contributed by atoms with E-state index in [1.165, 1.54) is 12.3 Å². The lowest BCUT2D eigenvalue weighted by molar-refractivity contribution is 0.0954. The number of hydrogen-bond donors (Lipinski definition) is 1. The van der Waals surface area contributed by atoms with E-state index in [0.717, 1.165) is 21.9 Å². The summed E-state index contributed by atoms with van der Waals surface area (Å²) in [6.07, 6.45) is 2.07. The van der Waals surface area contributed by atoms with Crippen LogP contribution >= 0.6 is 22.0 Å². The summed E-state index contributed by atoms with van der Waals surface area (Å²) in [5, 5.41) is 2.76. The van der Waals surface area contributed by atoms with Gasteiger partial charge in [0.25, 0.3) is 15.0 Å². The van der Waals surface area contributed by atoms with E-state index in [2.05, 4.69) is 10.3 Å². The summed E-state index contributed by atoms with van der Waals surface area (Å²) in [4.78, 5) is 16.7. The third-order valence-electron chi connectivity index (χ3n) is 2.71. The monoisotopic (exact) mass is 344 g/mol. The first-order valence-corrected chi connectivity index (χ1v) is 9.23. The summed E-state index contributed by atoms with van der Waals surface area (Å²) in [7, 11) is 1.58. The topological polar surface area (TPSA) is 76.1 Å². The first kappa shape index (κ1) is 15.9. The highest BCUT2D eigenvalue weighted by molar-refractivity contribution is 8.15. The Balaban J connectivity index is 1.88. The van der Waals surface area contributed by atoms with Gasteiger partial charge in [0.15, 0.2) is 0 Å². The number of rotatable bonds is 5. The lowest BCUT2D eigenvalue weighted by atomic mass is 10.2. The van der Waals surface area contributed by atoms with Gasteiger partial charge in [0.2, 0.25) is 0 Å². The first-order chi connectivity index (χ1) is 9.86. The van der Waals surface area contributed by atoms with Gasteiger partial charge >= 0.3 is 0 Å². The molecule has 0 radical (unpaired) electrons. The molecular formula is C13H13ClN2O3S2. The molecule has 1 amide bonds. The maximum atomic E-state index is 11.8. The summed E-state index contributed by atoms with van der Waals surface area (Å²) in [5.41, 5.74) is 1.34. The summed E-state index contributed by atoms with van der Waals surface area (Å²) < 4.78 is 22.4. The number of nitrogens with zero attached hydrogens (tertiary/aromatic N) is 1. The number of halogens is 1. The molecule has 0 atom stereocenters. The number of carbonyl (C=O) groups is 1. The number of aromatic nitrogens is 1. The van der Waals surface area contributed by atoms with E-state index in [1.54, 1.807) is 18.2 Å².